The van der Waals surface area contributed by atoms with Crippen LogP contribution in [0.5, 0.6) is 0 Å². The van der Waals surface area contributed by atoms with E-state index >= 15 is 0 Å². The first-order valence-electron chi connectivity index (χ1n) is 32.5. The lowest BCUT2D eigenvalue weighted by atomic mass is 10.0. The van der Waals surface area contributed by atoms with Crippen LogP contribution in [0.2, 0.25) is 0 Å². The quantitative estimate of drug-likeness (QED) is 0.0243. The smallest absolute Gasteiger partial charge is 0.387 e. The molecule has 9 heteroatoms. The van der Waals surface area contributed by atoms with Gasteiger partial charge in [-0.1, -0.05) is 298 Å². The molecule has 8 nitrogen and oxygen atoms in total. The van der Waals surface area contributed by atoms with Gasteiger partial charge in [0.05, 0.1) is 39.9 Å². The number of likely N-dealkylation sites (N-methyl/N-ethyl adjacent to an activating group) is 1. The number of hydrogen-bond donors (Lipinski definition) is 3. The van der Waals surface area contributed by atoms with E-state index in [-0.39, 0.29) is 19.1 Å². The van der Waals surface area contributed by atoms with Crippen LogP contribution in [0.15, 0.2) is 85.1 Å². The second-order valence-corrected chi connectivity index (χ2v) is 24.6. The summed E-state index contributed by atoms with van der Waals surface area (Å²) in [7, 11) is 1.58. The Morgan fingerprint density at radius 3 is 1.14 bits per heavy atom. The lowest BCUT2D eigenvalue weighted by molar-refractivity contribution is -0.870. The molecule has 0 heterocycles. The standard InChI is InChI=1S/C68H125N2O6P/c1-6-8-10-12-14-16-18-20-22-24-26-28-29-30-31-32-33-34-35-36-37-38-39-40-41-42-44-46-48-50-52-54-56-58-60-62-68(72)69-66(65-76-77(73,74)75-64-63-70(3,4)5)67(71)61-59-57-55-53-51-49-47-45-43-27-25-23-21-19-17-15-13-11-9-7-2/h8,10,14,16,20,22,26,28,30-31,33-34,59,61,66-67,71H,6-7,9,11-13,15,17-19,21,23-25,27,29,32,35-58,60,62-65H2,1-5H3,(H-,69,72,73,74)/p+1/b10-8-,16-14-,22-20-,28-26-,31-30-,34-33-,61-59+. The maximum absolute atomic E-state index is 13.0. The first-order chi connectivity index (χ1) is 37.5. The second-order valence-electron chi connectivity index (χ2n) is 23.1. The highest BCUT2D eigenvalue weighted by Crippen LogP contribution is 2.43. The average Bonchev–Trinajstić information content (AvgIpc) is 3.39. The van der Waals surface area contributed by atoms with Crippen LogP contribution in [-0.2, 0) is 18.4 Å². The molecule has 3 N–H and O–H groups in total. The number of quaternary nitrogens is 1. The van der Waals surface area contributed by atoms with Crippen molar-refractivity contribution in [2.24, 2.45) is 0 Å². The van der Waals surface area contributed by atoms with E-state index in [1.54, 1.807) is 6.08 Å². The van der Waals surface area contributed by atoms with Gasteiger partial charge in [-0.2, -0.15) is 0 Å². The fraction of sp³-hybridized carbons (Fsp3) is 0.779. The first-order valence-corrected chi connectivity index (χ1v) is 34.0. The van der Waals surface area contributed by atoms with Crippen LogP contribution >= 0.6 is 7.82 Å². The average molecular weight is 1100 g/mol. The summed E-state index contributed by atoms with van der Waals surface area (Å²) in [5.74, 6) is -0.176. The fourth-order valence-electron chi connectivity index (χ4n) is 9.34. The molecule has 3 unspecified atom stereocenters. The molecule has 1 amide bonds. The summed E-state index contributed by atoms with van der Waals surface area (Å²) in [5, 5.41) is 14.0. The normalized spacial score (nSPS) is 14.3. The number of aliphatic hydroxyl groups excluding tert-OH is 1. The highest BCUT2D eigenvalue weighted by atomic mass is 31.2. The monoisotopic (exact) mass is 1100 g/mol. The van der Waals surface area contributed by atoms with Gasteiger partial charge >= 0.3 is 7.82 Å². The zero-order chi connectivity index (χ0) is 56.3. The predicted octanol–water partition coefficient (Wildman–Crippen LogP) is 20.4. The molecule has 0 rings (SSSR count). The van der Waals surface area contributed by atoms with Crippen LogP contribution in [0.4, 0.5) is 0 Å². The van der Waals surface area contributed by atoms with Crippen LogP contribution in [0.1, 0.15) is 290 Å². The summed E-state index contributed by atoms with van der Waals surface area (Å²) in [6.07, 6.45) is 82.7. The highest BCUT2D eigenvalue weighted by molar-refractivity contribution is 7.47. The van der Waals surface area contributed by atoms with Gasteiger partial charge in [0.2, 0.25) is 5.91 Å². The van der Waals surface area contributed by atoms with Crippen molar-refractivity contribution in [1.82, 2.24) is 5.32 Å². The van der Waals surface area contributed by atoms with E-state index in [0.29, 0.717) is 17.4 Å². The van der Waals surface area contributed by atoms with Crippen molar-refractivity contribution in [3.8, 4) is 0 Å². The van der Waals surface area contributed by atoms with E-state index in [1.165, 1.54) is 193 Å². The maximum Gasteiger partial charge on any atom is 0.472 e. The number of aliphatic hydroxyl groups is 1. The number of carbonyl (C=O) groups excluding carboxylic acids is 1. The van der Waals surface area contributed by atoms with E-state index < -0.39 is 20.0 Å². The minimum absolute atomic E-state index is 0.0602. The van der Waals surface area contributed by atoms with Gasteiger partial charge in [-0.25, -0.2) is 4.57 Å². The number of carbonyl (C=O) groups is 1. The van der Waals surface area contributed by atoms with Crippen LogP contribution in [0.3, 0.4) is 0 Å². The van der Waals surface area contributed by atoms with Gasteiger partial charge in [-0.05, 0) is 70.6 Å². The van der Waals surface area contributed by atoms with E-state index in [0.717, 1.165) is 77.0 Å². The molecule has 0 aromatic carbocycles. The van der Waals surface area contributed by atoms with Gasteiger partial charge in [-0.15, -0.1) is 0 Å². The van der Waals surface area contributed by atoms with Crippen molar-refractivity contribution in [3.63, 3.8) is 0 Å². The molecule has 0 saturated carbocycles. The molecular formula is C68H126N2O6P+. The Hall–Kier alpha value is -2.32. The molecule has 0 aliphatic carbocycles. The van der Waals surface area contributed by atoms with Gasteiger partial charge in [-0.3, -0.25) is 13.8 Å². The van der Waals surface area contributed by atoms with E-state index in [9.17, 15) is 19.4 Å². The Morgan fingerprint density at radius 2 is 0.779 bits per heavy atom. The molecule has 0 aromatic heterocycles. The third-order valence-corrected chi connectivity index (χ3v) is 15.4. The molecule has 0 saturated heterocycles. The van der Waals surface area contributed by atoms with E-state index in [1.807, 2.05) is 27.2 Å². The topological polar surface area (TPSA) is 105 Å². The fourth-order valence-corrected chi connectivity index (χ4v) is 10.1. The number of allylic oxidation sites excluding steroid dienone is 13. The second kappa shape index (κ2) is 58.3. The predicted molar refractivity (Wildman–Crippen MR) is 336 cm³/mol. The summed E-state index contributed by atoms with van der Waals surface area (Å²) < 4.78 is 23.8. The largest absolute Gasteiger partial charge is 0.472 e. The van der Waals surface area contributed by atoms with Crippen molar-refractivity contribution in [1.29, 1.82) is 0 Å². The summed E-state index contributed by atoms with van der Waals surface area (Å²) in [6.45, 7) is 4.73. The molecule has 0 radical (unpaired) electrons. The molecule has 0 aliphatic rings. The van der Waals surface area contributed by atoms with Gasteiger partial charge in [0.25, 0.3) is 0 Å². The number of phosphoric ester groups is 1. The first kappa shape index (κ1) is 74.7. The third kappa shape index (κ3) is 61.2. The molecular weight excluding hydrogens is 972 g/mol. The third-order valence-electron chi connectivity index (χ3n) is 14.4. The molecule has 0 aliphatic heterocycles. The van der Waals surface area contributed by atoms with E-state index in [4.69, 9.17) is 9.05 Å². The van der Waals surface area contributed by atoms with Crippen molar-refractivity contribution < 1.29 is 32.9 Å². The van der Waals surface area contributed by atoms with Crippen LogP contribution in [0, 0.1) is 0 Å². The lowest BCUT2D eigenvalue weighted by Crippen LogP contribution is -2.45. The summed E-state index contributed by atoms with van der Waals surface area (Å²) >= 11 is 0. The van der Waals surface area contributed by atoms with Crippen LogP contribution in [0.25, 0.3) is 0 Å². The molecule has 77 heavy (non-hydrogen) atoms. The Kier molecular flexibility index (Phi) is 56.6. The maximum atomic E-state index is 13.0. The van der Waals surface area contributed by atoms with Gasteiger partial charge in [0, 0.05) is 6.42 Å². The summed E-state index contributed by atoms with van der Waals surface area (Å²) in [4.78, 5) is 23.4. The summed E-state index contributed by atoms with van der Waals surface area (Å²) in [6, 6.07) is -0.850. The SMILES string of the molecule is CC/C=C\C/C=C\C/C=C\C/C=C\C/C=C\C/C=C\CCCCCCCCCCCCCCCCCCC(=O)NC(COP(=O)(O)OCC[N+](C)(C)C)C(O)/C=C/CCCCCCCCCCCCCCCCCCCC. The number of nitrogens with zero attached hydrogens (tertiary/aromatic N) is 1. The van der Waals surface area contributed by atoms with Crippen molar-refractivity contribution >= 4 is 13.7 Å². The Morgan fingerprint density at radius 1 is 0.455 bits per heavy atom. The molecule has 448 valence electrons. The zero-order valence-corrected chi connectivity index (χ0v) is 52.1. The van der Waals surface area contributed by atoms with Crippen LogP contribution < -0.4 is 5.32 Å². The lowest BCUT2D eigenvalue weighted by Gasteiger charge is -2.25. The summed E-state index contributed by atoms with van der Waals surface area (Å²) in [5.41, 5.74) is 0. The van der Waals surface area contributed by atoms with Crippen molar-refractivity contribution in [2.45, 2.75) is 302 Å². The van der Waals surface area contributed by atoms with Gasteiger partial charge in [0.15, 0.2) is 0 Å². The van der Waals surface area contributed by atoms with Crippen molar-refractivity contribution in [3.05, 3.63) is 85.1 Å². The minimum atomic E-state index is -4.35. The molecule has 0 spiro atoms. The van der Waals surface area contributed by atoms with Gasteiger partial charge in [0.1, 0.15) is 13.2 Å². The van der Waals surface area contributed by atoms with Crippen LogP contribution in [-0.4, -0.2) is 73.4 Å². The molecule has 0 fully saturated rings. The zero-order valence-electron chi connectivity index (χ0n) is 51.2. The Labute approximate surface area is 477 Å². The minimum Gasteiger partial charge on any atom is -0.387 e. The number of unbranched alkanes of at least 4 members (excludes halogenated alkanes) is 34. The number of hydrogen-bond acceptors (Lipinski definition) is 5. The number of nitrogens with one attached hydrogen (secondary N) is 1. The number of phosphoric acid groups is 1. The van der Waals surface area contributed by atoms with E-state index in [2.05, 4.69) is 92.1 Å². The Balaban J connectivity index is 4.08. The van der Waals surface area contributed by atoms with Gasteiger partial charge < -0.3 is 19.8 Å². The molecule has 0 aromatic rings. The highest BCUT2D eigenvalue weighted by Gasteiger charge is 2.28. The number of rotatable bonds is 59. The Bertz CT molecular complexity index is 1530. The molecule has 3 atom stereocenters. The molecule has 0 bridgehead atoms. The van der Waals surface area contributed by atoms with Crippen molar-refractivity contribution in [2.75, 3.05) is 40.9 Å². The number of amides is 1.